The van der Waals surface area contributed by atoms with Gasteiger partial charge in [-0.05, 0) is 50.2 Å². The molecule has 2 rings (SSSR count). The Morgan fingerprint density at radius 3 is 2.45 bits per heavy atom. The number of nitrogens with one attached hydrogen (secondary N) is 4. The van der Waals surface area contributed by atoms with Gasteiger partial charge in [0.15, 0.2) is 0 Å². The number of carbonyl (C=O) groups is 4. The van der Waals surface area contributed by atoms with E-state index in [2.05, 4.69) is 32.6 Å². The Labute approximate surface area is 221 Å². The van der Waals surface area contributed by atoms with E-state index in [1.54, 1.807) is 44.4 Å². The van der Waals surface area contributed by atoms with Crippen LogP contribution in [-0.2, 0) is 14.4 Å². The Balaban J connectivity index is 2.32. The van der Waals surface area contributed by atoms with Crippen molar-refractivity contribution in [1.82, 2.24) is 20.9 Å². The number of aliphatic hydroxyl groups excluding tert-OH is 1. The maximum absolute atomic E-state index is 13.3. The first-order chi connectivity index (χ1) is 18.0. The number of aromatic nitrogens is 1. The standard InChI is InChI=1S/C27H35N5O6/c1-7-8-16(24(34)28-4)13-20(23(33)27(37)29-5)31-25(35)21(11-15(2)3)32-26(36)22-14-17-12-18(38-6)9-10-19(17)30-22/h7-10,12,14-15,20-21,30,34H,4,11,13H2,1-3,5-6H3,(H,29,37)(H,31,35)(H,32,36)/b8-7-,24-16-/t20-,21-/m0/s1. The molecule has 5 N–H and O–H groups in total. The van der Waals surface area contributed by atoms with Crippen molar-refractivity contribution >= 4 is 41.1 Å². The number of aromatic amines is 1. The van der Waals surface area contributed by atoms with Gasteiger partial charge < -0.3 is 30.8 Å². The molecule has 0 unspecified atom stereocenters. The predicted molar refractivity (Wildman–Crippen MR) is 145 cm³/mol. The Morgan fingerprint density at radius 2 is 1.87 bits per heavy atom. The van der Waals surface area contributed by atoms with Crippen molar-refractivity contribution in [2.24, 2.45) is 10.9 Å². The number of aliphatic imine (C=N–C) groups is 1. The highest BCUT2D eigenvalue weighted by Gasteiger charge is 2.31. The number of carbonyl (C=O) groups excluding carboxylic acids is 4. The molecule has 3 amide bonds. The van der Waals surface area contributed by atoms with Crippen molar-refractivity contribution in [1.29, 1.82) is 0 Å². The first-order valence-corrected chi connectivity index (χ1v) is 12.1. The molecule has 2 aromatic rings. The molecule has 0 bridgehead atoms. The van der Waals surface area contributed by atoms with Gasteiger partial charge in [0.2, 0.25) is 17.6 Å². The summed E-state index contributed by atoms with van der Waals surface area (Å²) in [5.41, 5.74) is 1.16. The Bertz CT molecular complexity index is 1260. The van der Waals surface area contributed by atoms with Crippen molar-refractivity contribution in [3.8, 4) is 5.75 Å². The van der Waals surface area contributed by atoms with Crippen LogP contribution in [0.1, 0.15) is 44.1 Å². The zero-order valence-corrected chi connectivity index (χ0v) is 22.3. The normalized spacial score (nSPS) is 13.5. The Hall–Kier alpha value is -4.41. The van der Waals surface area contributed by atoms with Gasteiger partial charge in [0.1, 0.15) is 23.5 Å². The monoisotopic (exact) mass is 525 g/mol. The van der Waals surface area contributed by atoms with Crippen LogP contribution in [0.15, 0.2) is 52.9 Å². The van der Waals surface area contributed by atoms with E-state index in [1.165, 1.54) is 13.1 Å². The summed E-state index contributed by atoms with van der Waals surface area (Å²) in [5, 5.41) is 18.4. The van der Waals surface area contributed by atoms with E-state index in [0.717, 1.165) is 10.9 Å². The van der Waals surface area contributed by atoms with E-state index >= 15 is 0 Å². The third-order valence-corrected chi connectivity index (χ3v) is 5.71. The summed E-state index contributed by atoms with van der Waals surface area (Å²) in [7, 11) is 2.84. The molecule has 0 fully saturated rings. The lowest BCUT2D eigenvalue weighted by atomic mass is 9.99. The average molecular weight is 526 g/mol. The third-order valence-electron chi connectivity index (χ3n) is 5.71. The highest BCUT2D eigenvalue weighted by molar-refractivity contribution is 6.38. The van der Waals surface area contributed by atoms with Crippen molar-refractivity contribution in [2.75, 3.05) is 14.2 Å². The number of hydrogen-bond acceptors (Lipinski definition) is 7. The molecule has 0 saturated carbocycles. The fourth-order valence-electron chi connectivity index (χ4n) is 3.82. The molecule has 11 nitrogen and oxygen atoms in total. The summed E-state index contributed by atoms with van der Waals surface area (Å²) < 4.78 is 5.22. The van der Waals surface area contributed by atoms with E-state index in [9.17, 15) is 24.3 Å². The molecule has 0 spiro atoms. The summed E-state index contributed by atoms with van der Waals surface area (Å²) in [4.78, 5) is 57.8. The van der Waals surface area contributed by atoms with Gasteiger partial charge in [0.05, 0.1) is 7.11 Å². The van der Waals surface area contributed by atoms with E-state index in [4.69, 9.17) is 4.74 Å². The summed E-state index contributed by atoms with van der Waals surface area (Å²) in [6, 6.07) is 4.62. The van der Waals surface area contributed by atoms with Crippen LogP contribution in [0.4, 0.5) is 0 Å². The van der Waals surface area contributed by atoms with Crippen LogP contribution >= 0.6 is 0 Å². The van der Waals surface area contributed by atoms with Gasteiger partial charge in [-0.25, -0.2) is 4.99 Å². The molecule has 0 aliphatic carbocycles. The van der Waals surface area contributed by atoms with Crippen LogP contribution in [-0.4, -0.2) is 66.6 Å². The number of aliphatic hydroxyl groups is 1. The molecule has 0 aliphatic rings. The number of methoxy groups -OCH3 is 1. The lowest BCUT2D eigenvalue weighted by Gasteiger charge is -2.24. The van der Waals surface area contributed by atoms with Crippen LogP contribution < -0.4 is 20.7 Å². The summed E-state index contributed by atoms with van der Waals surface area (Å²) >= 11 is 0. The number of rotatable bonds is 13. The minimum absolute atomic E-state index is 0.0126. The molecule has 11 heteroatoms. The number of nitrogens with zero attached hydrogens (tertiary/aromatic N) is 1. The van der Waals surface area contributed by atoms with E-state index < -0.39 is 41.5 Å². The fraction of sp³-hybridized carbons (Fsp3) is 0.370. The minimum Gasteiger partial charge on any atom is -0.497 e. The number of allylic oxidation sites excluding steroid dienone is 2. The highest BCUT2D eigenvalue weighted by atomic mass is 16.5. The lowest BCUT2D eigenvalue weighted by Crippen LogP contribution is -2.54. The molecule has 2 atom stereocenters. The van der Waals surface area contributed by atoms with Crippen LogP contribution in [0.2, 0.25) is 0 Å². The molecule has 204 valence electrons. The molecule has 0 radical (unpaired) electrons. The van der Waals surface area contributed by atoms with Gasteiger partial charge in [0.25, 0.3) is 11.8 Å². The fourth-order valence-corrected chi connectivity index (χ4v) is 3.82. The van der Waals surface area contributed by atoms with Crippen LogP contribution in [0, 0.1) is 5.92 Å². The Kier molecular flexibility index (Phi) is 10.8. The van der Waals surface area contributed by atoms with Gasteiger partial charge >= 0.3 is 0 Å². The largest absolute Gasteiger partial charge is 0.497 e. The van der Waals surface area contributed by atoms with Crippen molar-refractivity contribution in [2.45, 2.75) is 45.7 Å². The molecule has 38 heavy (non-hydrogen) atoms. The maximum Gasteiger partial charge on any atom is 0.289 e. The number of ketones is 1. The zero-order valence-electron chi connectivity index (χ0n) is 22.3. The minimum atomic E-state index is -1.33. The van der Waals surface area contributed by atoms with Crippen molar-refractivity contribution in [3.05, 3.63) is 53.6 Å². The van der Waals surface area contributed by atoms with Gasteiger partial charge in [-0.2, -0.15) is 0 Å². The second kappa shape index (κ2) is 13.8. The van der Waals surface area contributed by atoms with Crippen LogP contribution in [0.25, 0.3) is 10.9 Å². The number of hydrogen-bond donors (Lipinski definition) is 5. The number of likely N-dealkylation sites (N-methyl/N-ethyl adjacent to an activating group) is 1. The van der Waals surface area contributed by atoms with E-state index in [-0.39, 0.29) is 30.0 Å². The van der Waals surface area contributed by atoms with Gasteiger partial charge in [0, 0.05) is 29.9 Å². The molecule has 0 saturated heterocycles. The number of Topliss-reactive ketones (excluding diaryl/α,β-unsaturated/α-hetero) is 1. The first-order valence-electron chi connectivity index (χ1n) is 12.1. The number of ether oxygens (including phenoxy) is 1. The zero-order chi connectivity index (χ0) is 28.4. The van der Waals surface area contributed by atoms with E-state index in [1.807, 2.05) is 13.8 Å². The number of H-pyrrole nitrogens is 1. The van der Waals surface area contributed by atoms with Crippen LogP contribution in [0.3, 0.4) is 0 Å². The summed E-state index contributed by atoms with van der Waals surface area (Å²) in [5.74, 6) is -2.79. The average Bonchev–Trinajstić information content (AvgIpc) is 3.33. The molecular weight excluding hydrogens is 490 g/mol. The van der Waals surface area contributed by atoms with Gasteiger partial charge in [-0.3, -0.25) is 19.2 Å². The lowest BCUT2D eigenvalue weighted by molar-refractivity contribution is -0.140. The predicted octanol–water partition coefficient (Wildman–Crippen LogP) is 2.56. The summed E-state index contributed by atoms with van der Waals surface area (Å²) in [6.45, 7) is 8.74. The number of fused-ring (bicyclic) bond motifs is 1. The second-order valence-electron chi connectivity index (χ2n) is 9.01. The Morgan fingerprint density at radius 1 is 1.16 bits per heavy atom. The van der Waals surface area contributed by atoms with E-state index in [0.29, 0.717) is 5.75 Å². The molecule has 0 aliphatic heterocycles. The number of benzene rings is 1. The smallest absolute Gasteiger partial charge is 0.289 e. The number of amides is 3. The van der Waals surface area contributed by atoms with Gasteiger partial charge in [-0.1, -0.05) is 26.0 Å². The van der Waals surface area contributed by atoms with Gasteiger partial charge in [-0.15, -0.1) is 0 Å². The third kappa shape index (κ3) is 7.79. The topological polar surface area (TPSA) is 162 Å². The first kappa shape index (κ1) is 29.8. The van der Waals surface area contributed by atoms with Crippen molar-refractivity contribution < 1.29 is 29.0 Å². The summed E-state index contributed by atoms with van der Waals surface area (Å²) in [6.07, 6.45) is 3.15. The molecular formula is C27H35N5O6. The molecule has 1 aromatic carbocycles. The van der Waals surface area contributed by atoms with Crippen LogP contribution in [0.5, 0.6) is 5.75 Å². The SMILES string of the molecule is C=N/C(O)=C(\C=C/C)C[C@H](NC(=O)[C@H](CC(C)C)NC(=O)c1cc2cc(OC)ccc2[nH]1)C(=O)C(=O)NC. The quantitative estimate of drug-likeness (QED) is 0.117. The second-order valence-corrected chi connectivity index (χ2v) is 9.01. The maximum atomic E-state index is 13.3. The highest BCUT2D eigenvalue weighted by Crippen LogP contribution is 2.22. The molecule has 1 aromatic heterocycles. The molecule has 1 heterocycles. The van der Waals surface area contributed by atoms with Crippen molar-refractivity contribution in [3.63, 3.8) is 0 Å².